The van der Waals surface area contributed by atoms with Gasteiger partial charge in [0.15, 0.2) is 12.4 Å². The van der Waals surface area contributed by atoms with Gasteiger partial charge in [-0.1, -0.05) is 23.4 Å². The highest BCUT2D eigenvalue weighted by molar-refractivity contribution is 6.03. The summed E-state index contributed by atoms with van der Waals surface area (Å²) in [7, 11) is 0. The van der Waals surface area contributed by atoms with E-state index in [2.05, 4.69) is 15.2 Å². The first-order chi connectivity index (χ1) is 17.1. The molecular formula is C26H20N4O5. The molecule has 0 aliphatic carbocycles. The highest BCUT2D eigenvalue weighted by Gasteiger charge is 2.36. The molecule has 0 N–H and O–H groups in total. The fraction of sp³-hybridized carbons (Fsp3) is 0.154. The third-order valence-corrected chi connectivity index (χ3v) is 5.75. The molecule has 6 rings (SSSR count). The summed E-state index contributed by atoms with van der Waals surface area (Å²) in [6, 6.07) is 20.1. The normalized spacial score (nSPS) is 15.5. The number of hydrogen-bond donors (Lipinski definition) is 0. The zero-order chi connectivity index (χ0) is 23.8. The van der Waals surface area contributed by atoms with Crippen molar-refractivity contribution < 1.29 is 22.9 Å². The van der Waals surface area contributed by atoms with E-state index in [1.165, 1.54) is 5.01 Å². The number of carbonyl (C=O) groups is 1. The predicted molar refractivity (Wildman–Crippen MR) is 126 cm³/mol. The summed E-state index contributed by atoms with van der Waals surface area (Å²) in [5.41, 5.74) is 2.24. The zero-order valence-electron chi connectivity index (χ0n) is 18.7. The van der Waals surface area contributed by atoms with Crippen molar-refractivity contribution in [3.63, 3.8) is 0 Å². The number of benzene rings is 2. The molecule has 35 heavy (non-hydrogen) atoms. The van der Waals surface area contributed by atoms with E-state index in [9.17, 15) is 4.79 Å². The Morgan fingerprint density at radius 2 is 1.97 bits per heavy atom. The number of aromatic nitrogens is 2. The van der Waals surface area contributed by atoms with E-state index in [1.54, 1.807) is 31.4 Å². The summed E-state index contributed by atoms with van der Waals surface area (Å²) < 4.78 is 22.3. The number of carbonyl (C=O) groups excluding carboxylic acids is 1. The molecule has 1 unspecified atom stereocenters. The highest BCUT2D eigenvalue weighted by atomic mass is 16.5. The molecule has 4 heterocycles. The lowest BCUT2D eigenvalue weighted by Crippen LogP contribution is -2.31. The van der Waals surface area contributed by atoms with Crippen LogP contribution in [-0.4, -0.2) is 33.4 Å². The molecule has 174 valence electrons. The largest absolute Gasteiger partial charge is 0.484 e. The first-order valence-electron chi connectivity index (χ1n) is 11.1. The smallest absolute Gasteiger partial charge is 0.281 e. The average molecular weight is 468 g/mol. The van der Waals surface area contributed by atoms with Crippen molar-refractivity contribution in [2.75, 3.05) is 6.61 Å². The number of hydrazone groups is 1. The van der Waals surface area contributed by atoms with Gasteiger partial charge in [-0.05, 0) is 48.5 Å². The molecule has 0 fully saturated rings. The summed E-state index contributed by atoms with van der Waals surface area (Å²) in [6.07, 6.45) is 2.05. The van der Waals surface area contributed by atoms with Crippen LogP contribution in [0.4, 0.5) is 0 Å². The number of hydrogen-bond acceptors (Lipinski definition) is 8. The summed E-state index contributed by atoms with van der Waals surface area (Å²) in [6.45, 7) is 1.55. The van der Waals surface area contributed by atoms with Crippen LogP contribution in [0.15, 0.2) is 91.5 Å². The summed E-state index contributed by atoms with van der Waals surface area (Å²) in [5, 5.41) is 10.9. The molecule has 3 aromatic heterocycles. The van der Waals surface area contributed by atoms with Gasteiger partial charge in [0.25, 0.3) is 5.91 Å². The maximum atomic E-state index is 13.2. The van der Waals surface area contributed by atoms with Gasteiger partial charge in [-0.15, -0.1) is 0 Å². The van der Waals surface area contributed by atoms with Gasteiger partial charge in [-0.2, -0.15) is 10.1 Å². The highest BCUT2D eigenvalue weighted by Crippen LogP contribution is 2.34. The van der Waals surface area contributed by atoms with E-state index in [4.69, 9.17) is 18.1 Å². The van der Waals surface area contributed by atoms with Gasteiger partial charge < -0.3 is 18.1 Å². The standard InChI is InChI=1S/C26H20N4O5/c1-16-27-26(29-35-16)17-8-10-19(11-9-17)33-15-25(31)30-21(23-7-4-12-32-23)14-20(28-30)24-13-18-5-2-3-6-22(18)34-24/h2-13,21H,14-15H2,1H3. The molecule has 9 heteroatoms. The van der Waals surface area contributed by atoms with Crippen molar-refractivity contribution in [1.29, 1.82) is 0 Å². The minimum atomic E-state index is -0.381. The first-order valence-corrected chi connectivity index (χ1v) is 11.1. The Morgan fingerprint density at radius 3 is 2.71 bits per heavy atom. The van der Waals surface area contributed by atoms with Crippen LogP contribution in [0.5, 0.6) is 5.75 Å². The van der Waals surface area contributed by atoms with Crippen molar-refractivity contribution in [2.24, 2.45) is 5.10 Å². The molecule has 0 bridgehead atoms. The van der Waals surface area contributed by atoms with Crippen LogP contribution in [0, 0.1) is 6.92 Å². The van der Waals surface area contributed by atoms with Crippen molar-refractivity contribution in [3.05, 3.63) is 90.4 Å². The second-order valence-electron chi connectivity index (χ2n) is 8.12. The predicted octanol–water partition coefficient (Wildman–Crippen LogP) is 5.14. The van der Waals surface area contributed by atoms with Crippen LogP contribution in [0.25, 0.3) is 22.4 Å². The van der Waals surface area contributed by atoms with E-state index in [1.807, 2.05) is 48.5 Å². The summed E-state index contributed by atoms with van der Waals surface area (Å²) in [4.78, 5) is 17.4. The Morgan fingerprint density at radius 1 is 1.11 bits per heavy atom. The van der Waals surface area contributed by atoms with Gasteiger partial charge in [0.1, 0.15) is 28.8 Å². The van der Waals surface area contributed by atoms with Gasteiger partial charge in [-0.25, -0.2) is 5.01 Å². The van der Waals surface area contributed by atoms with Gasteiger partial charge in [0.2, 0.25) is 11.7 Å². The van der Waals surface area contributed by atoms with E-state index < -0.39 is 0 Å². The number of fused-ring (bicyclic) bond motifs is 1. The number of para-hydroxylation sites is 1. The van der Waals surface area contributed by atoms with Crippen LogP contribution in [-0.2, 0) is 4.79 Å². The Labute approximate surface area is 199 Å². The van der Waals surface area contributed by atoms with Crippen LogP contribution >= 0.6 is 0 Å². The third-order valence-electron chi connectivity index (χ3n) is 5.75. The Kier molecular flexibility index (Phi) is 5.14. The number of amides is 1. The second-order valence-corrected chi connectivity index (χ2v) is 8.12. The Hall–Kier alpha value is -4.66. The van der Waals surface area contributed by atoms with Crippen LogP contribution < -0.4 is 4.74 Å². The maximum Gasteiger partial charge on any atom is 0.281 e. The first kappa shape index (κ1) is 20.9. The average Bonchev–Trinajstić information content (AvgIpc) is 3.68. The fourth-order valence-electron chi connectivity index (χ4n) is 4.04. The molecule has 0 saturated heterocycles. The molecule has 1 aliphatic heterocycles. The van der Waals surface area contributed by atoms with Crippen molar-refractivity contribution in [3.8, 4) is 17.1 Å². The van der Waals surface area contributed by atoms with Crippen LogP contribution in [0.1, 0.15) is 29.9 Å². The molecule has 0 saturated carbocycles. The maximum absolute atomic E-state index is 13.2. The van der Waals surface area contributed by atoms with E-state index in [0.717, 1.165) is 16.5 Å². The molecule has 1 amide bonds. The number of ether oxygens (including phenoxy) is 1. The number of nitrogens with zero attached hydrogens (tertiary/aromatic N) is 4. The van der Waals surface area contributed by atoms with E-state index in [-0.39, 0.29) is 18.6 Å². The summed E-state index contributed by atoms with van der Waals surface area (Å²) in [5.74, 6) is 2.51. The number of aryl methyl sites for hydroxylation is 1. The SMILES string of the molecule is Cc1nc(-c2ccc(OCC(=O)N3N=C(c4cc5ccccc5o4)CC3c3ccco3)cc2)no1. The van der Waals surface area contributed by atoms with E-state index in [0.29, 0.717) is 41.1 Å². The number of furan rings is 2. The Bertz CT molecular complexity index is 1480. The van der Waals surface area contributed by atoms with Gasteiger partial charge in [0.05, 0.1) is 6.26 Å². The zero-order valence-corrected chi connectivity index (χ0v) is 18.7. The molecule has 1 aliphatic rings. The minimum Gasteiger partial charge on any atom is -0.484 e. The molecule has 0 spiro atoms. The topological polar surface area (TPSA) is 107 Å². The molecule has 0 radical (unpaired) electrons. The van der Waals surface area contributed by atoms with Crippen molar-refractivity contribution >= 4 is 22.6 Å². The van der Waals surface area contributed by atoms with E-state index >= 15 is 0 Å². The lowest BCUT2D eigenvalue weighted by atomic mass is 10.1. The van der Waals surface area contributed by atoms with Crippen LogP contribution in [0.3, 0.4) is 0 Å². The van der Waals surface area contributed by atoms with Gasteiger partial charge >= 0.3 is 0 Å². The quantitative estimate of drug-likeness (QED) is 0.339. The Balaban J connectivity index is 1.20. The van der Waals surface area contributed by atoms with Crippen molar-refractivity contribution in [2.45, 2.75) is 19.4 Å². The van der Waals surface area contributed by atoms with Crippen LogP contribution in [0.2, 0.25) is 0 Å². The lowest BCUT2D eigenvalue weighted by Gasteiger charge is -2.20. The second kappa shape index (κ2) is 8.60. The molecular weight excluding hydrogens is 448 g/mol. The monoisotopic (exact) mass is 468 g/mol. The van der Waals surface area contributed by atoms with Crippen molar-refractivity contribution in [1.82, 2.24) is 15.1 Å². The van der Waals surface area contributed by atoms with Gasteiger partial charge in [-0.3, -0.25) is 4.79 Å². The third kappa shape index (κ3) is 4.08. The fourth-order valence-corrected chi connectivity index (χ4v) is 4.04. The molecule has 5 aromatic rings. The number of rotatable bonds is 6. The lowest BCUT2D eigenvalue weighted by molar-refractivity contribution is -0.135. The molecule has 1 atom stereocenters. The molecule has 9 nitrogen and oxygen atoms in total. The van der Waals surface area contributed by atoms with Gasteiger partial charge in [0, 0.05) is 24.3 Å². The summed E-state index contributed by atoms with van der Waals surface area (Å²) >= 11 is 0. The minimum absolute atomic E-state index is 0.186. The molecule has 2 aromatic carbocycles.